The van der Waals surface area contributed by atoms with E-state index in [2.05, 4.69) is 5.32 Å². The van der Waals surface area contributed by atoms with E-state index in [4.69, 9.17) is 11.6 Å². The summed E-state index contributed by atoms with van der Waals surface area (Å²) in [6, 6.07) is 5.58. The van der Waals surface area contributed by atoms with E-state index in [1.165, 1.54) is 0 Å². The second-order valence-corrected chi connectivity index (χ2v) is 3.82. The van der Waals surface area contributed by atoms with Gasteiger partial charge in [0, 0.05) is 17.8 Å². The number of hydrogen-bond donors (Lipinski definition) is 1. The van der Waals surface area contributed by atoms with E-state index in [1.54, 1.807) is 25.1 Å². The average Bonchev–Trinajstić information content (AvgIpc) is 2.21. The maximum Gasteiger partial charge on any atom is 0.240 e. The topological polar surface area (TPSA) is 32.3 Å². The number of nitrogens with one attached hydrogen (secondary N) is 1. The Morgan fingerprint density at radius 3 is 2.73 bits per heavy atom. The van der Waals surface area contributed by atoms with Crippen molar-refractivity contribution < 1.29 is 4.79 Å². The van der Waals surface area contributed by atoms with Crippen molar-refractivity contribution in [3.63, 3.8) is 0 Å². The fraction of sp³-hybridized carbons (Fsp3) is 0.364. The lowest BCUT2D eigenvalue weighted by molar-refractivity contribution is -0.117. The highest BCUT2D eigenvalue weighted by Gasteiger charge is 2.10. The van der Waals surface area contributed by atoms with Crippen LogP contribution < -0.4 is 10.2 Å². The number of halogens is 1. The lowest BCUT2D eigenvalue weighted by Gasteiger charge is -2.17. The first-order chi connectivity index (χ1) is 7.06. The fourth-order valence-electron chi connectivity index (χ4n) is 1.20. The smallest absolute Gasteiger partial charge is 0.240 e. The summed E-state index contributed by atoms with van der Waals surface area (Å²) in [6.45, 7) is 2.25. The molecule has 1 rings (SSSR count). The van der Waals surface area contributed by atoms with Crippen LogP contribution >= 0.6 is 11.6 Å². The highest BCUT2D eigenvalue weighted by molar-refractivity contribution is 6.31. The molecule has 0 spiro atoms. The van der Waals surface area contributed by atoms with E-state index in [0.29, 0.717) is 11.6 Å². The number of amides is 1. The number of carbonyl (C=O) groups is 1. The molecule has 0 aliphatic rings. The van der Waals surface area contributed by atoms with Gasteiger partial charge in [0.25, 0.3) is 0 Å². The van der Waals surface area contributed by atoms with Crippen LogP contribution in [0.3, 0.4) is 0 Å². The molecule has 1 N–H and O–H groups in total. The summed E-state index contributed by atoms with van der Waals surface area (Å²) in [5.41, 5.74) is 1.82. The predicted molar refractivity (Wildman–Crippen MR) is 63.5 cm³/mol. The molecule has 1 aromatic rings. The molecule has 0 saturated carbocycles. The highest BCUT2D eigenvalue weighted by atomic mass is 35.5. The number of likely N-dealkylation sites (N-methyl/N-ethyl adjacent to an activating group) is 2. The molecule has 0 aliphatic carbocycles. The van der Waals surface area contributed by atoms with E-state index >= 15 is 0 Å². The summed E-state index contributed by atoms with van der Waals surface area (Å²) in [4.78, 5) is 13.1. The van der Waals surface area contributed by atoms with Gasteiger partial charge >= 0.3 is 0 Å². The Labute approximate surface area is 95.0 Å². The molecule has 0 radical (unpaired) electrons. The number of nitrogens with zero attached hydrogens (tertiary/aromatic N) is 1. The first kappa shape index (κ1) is 12.0. The van der Waals surface area contributed by atoms with Gasteiger partial charge < -0.3 is 10.2 Å². The maximum atomic E-state index is 11.6. The molecule has 82 valence electrons. The lowest BCUT2D eigenvalue weighted by Crippen LogP contribution is -2.34. The van der Waals surface area contributed by atoms with Crippen molar-refractivity contribution in [3.8, 4) is 0 Å². The second kappa shape index (κ2) is 5.14. The zero-order chi connectivity index (χ0) is 11.4. The van der Waals surface area contributed by atoms with E-state index in [9.17, 15) is 4.79 Å². The van der Waals surface area contributed by atoms with Gasteiger partial charge in [-0.25, -0.2) is 0 Å². The zero-order valence-electron chi connectivity index (χ0n) is 9.17. The minimum absolute atomic E-state index is 0.0115. The van der Waals surface area contributed by atoms with Gasteiger partial charge in [0.1, 0.15) is 0 Å². The van der Waals surface area contributed by atoms with Crippen LogP contribution in [0.25, 0.3) is 0 Å². The zero-order valence-corrected chi connectivity index (χ0v) is 9.93. The first-order valence-electron chi connectivity index (χ1n) is 4.73. The summed E-state index contributed by atoms with van der Waals surface area (Å²) in [7, 11) is 3.48. The van der Waals surface area contributed by atoms with Crippen LogP contribution in [-0.4, -0.2) is 26.5 Å². The molecule has 0 aliphatic heterocycles. The maximum absolute atomic E-state index is 11.6. The normalized spacial score (nSPS) is 10.1. The Morgan fingerprint density at radius 1 is 1.53 bits per heavy atom. The molecule has 4 heteroatoms. The van der Waals surface area contributed by atoms with Gasteiger partial charge in [0.05, 0.1) is 6.54 Å². The van der Waals surface area contributed by atoms with Crippen molar-refractivity contribution in [1.82, 2.24) is 5.32 Å². The van der Waals surface area contributed by atoms with Crippen molar-refractivity contribution in [3.05, 3.63) is 28.8 Å². The number of rotatable bonds is 3. The number of aryl methyl sites for hydroxylation is 1. The van der Waals surface area contributed by atoms with Crippen LogP contribution in [0.4, 0.5) is 5.69 Å². The number of benzene rings is 1. The molecular weight excluding hydrogens is 212 g/mol. The van der Waals surface area contributed by atoms with Crippen LogP contribution in [0.2, 0.25) is 5.02 Å². The van der Waals surface area contributed by atoms with Crippen LogP contribution in [0, 0.1) is 6.92 Å². The Morgan fingerprint density at radius 2 is 2.20 bits per heavy atom. The molecule has 15 heavy (non-hydrogen) atoms. The Bertz CT molecular complexity index is 366. The third-order valence-corrected chi connectivity index (χ3v) is 2.65. The van der Waals surface area contributed by atoms with Gasteiger partial charge in [-0.3, -0.25) is 4.79 Å². The van der Waals surface area contributed by atoms with Crippen molar-refractivity contribution in [2.75, 3.05) is 25.5 Å². The fourth-order valence-corrected chi connectivity index (χ4v) is 1.38. The Balaban J connectivity index is 2.86. The third-order valence-electron chi connectivity index (χ3n) is 2.24. The molecule has 1 aromatic carbocycles. The molecule has 0 fully saturated rings. The van der Waals surface area contributed by atoms with Crippen molar-refractivity contribution >= 4 is 23.2 Å². The predicted octanol–water partition coefficient (Wildman–Crippen LogP) is 1.83. The Hall–Kier alpha value is -1.06. The molecule has 0 bridgehead atoms. The molecule has 3 nitrogen and oxygen atoms in total. The largest absolute Gasteiger partial charge is 0.314 e. The van der Waals surface area contributed by atoms with E-state index in [0.717, 1.165) is 11.3 Å². The van der Waals surface area contributed by atoms with Gasteiger partial charge in [-0.2, -0.15) is 0 Å². The summed E-state index contributed by atoms with van der Waals surface area (Å²) in [5, 5.41) is 3.50. The standard InChI is InChI=1S/C11H15ClN2O/c1-8-4-5-9(6-10(8)12)14(3)11(15)7-13-2/h4-6,13H,7H2,1-3H3. The van der Waals surface area contributed by atoms with Crippen LogP contribution in [0.15, 0.2) is 18.2 Å². The monoisotopic (exact) mass is 226 g/mol. The number of hydrogen-bond acceptors (Lipinski definition) is 2. The van der Waals surface area contributed by atoms with Crippen LogP contribution in [0.5, 0.6) is 0 Å². The Kier molecular flexibility index (Phi) is 4.12. The molecule has 1 amide bonds. The van der Waals surface area contributed by atoms with Gasteiger partial charge in [0.2, 0.25) is 5.91 Å². The van der Waals surface area contributed by atoms with Crippen molar-refractivity contribution in [2.45, 2.75) is 6.92 Å². The lowest BCUT2D eigenvalue weighted by atomic mass is 10.2. The van der Waals surface area contributed by atoms with Crippen LogP contribution in [-0.2, 0) is 4.79 Å². The quantitative estimate of drug-likeness (QED) is 0.853. The van der Waals surface area contributed by atoms with E-state index in [-0.39, 0.29) is 5.91 Å². The number of anilines is 1. The average molecular weight is 227 g/mol. The molecule has 0 heterocycles. The van der Waals surface area contributed by atoms with Crippen molar-refractivity contribution in [2.24, 2.45) is 0 Å². The second-order valence-electron chi connectivity index (χ2n) is 3.42. The summed E-state index contributed by atoms with van der Waals surface area (Å²) < 4.78 is 0. The first-order valence-corrected chi connectivity index (χ1v) is 5.11. The van der Waals surface area contributed by atoms with Gasteiger partial charge in [-0.1, -0.05) is 17.7 Å². The molecule has 0 saturated heterocycles. The van der Waals surface area contributed by atoms with E-state index in [1.807, 2.05) is 19.1 Å². The van der Waals surface area contributed by atoms with E-state index < -0.39 is 0 Å². The van der Waals surface area contributed by atoms with Gasteiger partial charge in [-0.05, 0) is 31.7 Å². The SMILES string of the molecule is CNCC(=O)N(C)c1ccc(C)c(Cl)c1. The van der Waals surface area contributed by atoms with Gasteiger partial charge in [-0.15, -0.1) is 0 Å². The van der Waals surface area contributed by atoms with Crippen molar-refractivity contribution in [1.29, 1.82) is 0 Å². The number of carbonyl (C=O) groups excluding carboxylic acids is 1. The molecule has 0 atom stereocenters. The summed E-state index contributed by atoms with van der Waals surface area (Å²) in [6.07, 6.45) is 0. The molecule has 0 aromatic heterocycles. The minimum Gasteiger partial charge on any atom is -0.314 e. The van der Waals surface area contributed by atoms with Gasteiger partial charge in [0.15, 0.2) is 0 Å². The summed E-state index contributed by atoms with van der Waals surface area (Å²) in [5.74, 6) is 0.0115. The minimum atomic E-state index is 0.0115. The third kappa shape index (κ3) is 2.94. The molecular formula is C11H15ClN2O. The van der Waals surface area contributed by atoms with Crippen LogP contribution in [0.1, 0.15) is 5.56 Å². The highest BCUT2D eigenvalue weighted by Crippen LogP contribution is 2.22. The summed E-state index contributed by atoms with van der Waals surface area (Å²) >= 11 is 5.99. The molecule has 0 unspecified atom stereocenters.